The van der Waals surface area contributed by atoms with E-state index in [1.54, 1.807) is 12.1 Å². The van der Waals surface area contributed by atoms with E-state index in [4.69, 9.17) is 4.74 Å². The highest BCUT2D eigenvalue weighted by Gasteiger charge is 2.22. The number of imidazole rings is 1. The second-order valence-electron chi connectivity index (χ2n) is 6.55. The van der Waals surface area contributed by atoms with Crippen molar-refractivity contribution in [1.82, 2.24) is 14.9 Å². The number of hydrogen-bond acceptors (Lipinski definition) is 3. The molecule has 0 spiro atoms. The molecule has 1 aliphatic heterocycles. The molecule has 0 saturated heterocycles. The molecule has 0 amide bonds. The van der Waals surface area contributed by atoms with Crippen LogP contribution in [0.3, 0.4) is 0 Å². The van der Waals surface area contributed by atoms with E-state index in [0.717, 1.165) is 43.1 Å². The van der Waals surface area contributed by atoms with Gasteiger partial charge < -0.3 is 14.6 Å². The molecular weight excluding hydrogens is 329 g/mol. The number of rotatable bonds is 6. The smallest absolute Gasteiger partial charge is 0.135 e. The van der Waals surface area contributed by atoms with E-state index in [1.165, 1.54) is 17.7 Å². The number of hydrogen-bond donors (Lipinski definition) is 1. The molecule has 2 heterocycles. The van der Waals surface area contributed by atoms with Gasteiger partial charge in [0.1, 0.15) is 18.2 Å². The van der Waals surface area contributed by atoms with Crippen LogP contribution in [0.5, 0.6) is 0 Å². The Morgan fingerprint density at radius 3 is 2.73 bits per heavy atom. The molecule has 2 aromatic carbocycles. The second kappa shape index (κ2) is 7.81. The van der Waals surface area contributed by atoms with Crippen LogP contribution in [-0.2, 0) is 24.3 Å². The predicted octanol–water partition coefficient (Wildman–Crippen LogP) is 3.42. The Hall–Kier alpha value is -2.50. The maximum atomic E-state index is 13.2. The first-order chi connectivity index (χ1) is 12.8. The first kappa shape index (κ1) is 16.9. The largest absolute Gasteiger partial charge is 0.367 e. The molecular formula is C21H22FN3O. The third-order valence-corrected chi connectivity index (χ3v) is 4.72. The molecule has 134 valence electrons. The summed E-state index contributed by atoms with van der Waals surface area (Å²) in [5, 5.41) is 3.48. The zero-order valence-corrected chi connectivity index (χ0v) is 14.6. The summed E-state index contributed by atoms with van der Waals surface area (Å²) >= 11 is 0. The van der Waals surface area contributed by atoms with Gasteiger partial charge >= 0.3 is 0 Å². The highest BCUT2D eigenvalue weighted by molar-refractivity contribution is 5.59. The third-order valence-electron chi connectivity index (χ3n) is 4.72. The van der Waals surface area contributed by atoms with Crippen molar-refractivity contribution in [3.8, 4) is 11.3 Å². The lowest BCUT2D eigenvalue weighted by Gasteiger charge is -2.26. The van der Waals surface area contributed by atoms with Crippen LogP contribution >= 0.6 is 0 Å². The molecule has 1 aliphatic rings. The van der Waals surface area contributed by atoms with E-state index in [9.17, 15) is 4.39 Å². The van der Waals surface area contributed by atoms with Gasteiger partial charge in [-0.2, -0.15) is 0 Å². The van der Waals surface area contributed by atoms with Gasteiger partial charge in [-0.3, -0.25) is 0 Å². The van der Waals surface area contributed by atoms with Gasteiger partial charge in [-0.25, -0.2) is 9.37 Å². The Bertz CT molecular complexity index is 845. The fraction of sp³-hybridized carbons (Fsp3) is 0.286. The number of ether oxygens (including phenoxy) is 1. The number of halogens is 1. The highest BCUT2D eigenvalue weighted by atomic mass is 19.1. The molecule has 1 atom stereocenters. The zero-order valence-electron chi connectivity index (χ0n) is 14.6. The minimum atomic E-state index is -0.226. The van der Waals surface area contributed by atoms with Crippen LogP contribution in [0.4, 0.5) is 4.39 Å². The predicted molar refractivity (Wildman–Crippen MR) is 99.2 cm³/mol. The first-order valence-corrected chi connectivity index (χ1v) is 8.96. The number of fused-ring (bicyclic) bond motifs is 1. The van der Waals surface area contributed by atoms with Crippen LogP contribution in [0.15, 0.2) is 60.8 Å². The number of benzene rings is 2. The number of aromatic nitrogens is 2. The SMILES string of the molecule is Fc1ccc(-c2cnc3n2CC(CNCCc2ccccc2)OC3)cc1. The van der Waals surface area contributed by atoms with Gasteiger partial charge in [-0.15, -0.1) is 0 Å². The fourth-order valence-electron chi connectivity index (χ4n) is 3.30. The van der Waals surface area contributed by atoms with E-state index in [2.05, 4.69) is 39.1 Å². The molecule has 3 aromatic rings. The second-order valence-corrected chi connectivity index (χ2v) is 6.55. The molecule has 26 heavy (non-hydrogen) atoms. The van der Waals surface area contributed by atoms with E-state index in [1.807, 2.05) is 12.3 Å². The summed E-state index contributed by atoms with van der Waals surface area (Å²) in [5.74, 6) is 0.695. The van der Waals surface area contributed by atoms with E-state index < -0.39 is 0 Å². The van der Waals surface area contributed by atoms with Gasteiger partial charge in [-0.05, 0) is 48.4 Å². The first-order valence-electron chi connectivity index (χ1n) is 8.96. The van der Waals surface area contributed by atoms with Gasteiger partial charge in [0.2, 0.25) is 0 Å². The molecule has 1 N–H and O–H groups in total. The molecule has 1 aromatic heterocycles. The van der Waals surface area contributed by atoms with Crippen molar-refractivity contribution in [2.24, 2.45) is 0 Å². The van der Waals surface area contributed by atoms with Crippen molar-refractivity contribution < 1.29 is 9.13 Å². The van der Waals surface area contributed by atoms with Crippen molar-refractivity contribution in [2.75, 3.05) is 13.1 Å². The minimum Gasteiger partial charge on any atom is -0.367 e. The van der Waals surface area contributed by atoms with Gasteiger partial charge in [0.15, 0.2) is 0 Å². The quantitative estimate of drug-likeness (QED) is 0.692. The van der Waals surface area contributed by atoms with E-state index in [-0.39, 0.29) is 11.9 Å². The van der Waals surface area contributed by atoms with Crippen LogP contribution in [0.25, 0.3) is 11.3 Å². The summed E-state index contributed by atoms with van der Waals surface area (Å²) in [4.78, 5) is 4.45. The zero-order chi connectivity index (χ0) is 17.8. The normalized spacial score (nSPS) is 16.4. The minimum absolute atomic E-state index is 0.103. The summed E-state index contributed by atoms with van der Waals surface area (Å²) in [6, 6.07) is 17.0. The van der Waals surface area contributed by atoms with Crippen LogP contribution in [0.1, 0.15) is 11.4 Å². The maximum Gasteiger partial charge on any atom is 0.135 e. The van der Waals surface area contributed by atoms with Gasteiger partial charge in [0.05, 0.1) is 24.5 Å². The molecule has 0 radical (unpaired) electrons. The molecule has 1 unspecified atom stereocenters. The number of nitrogens with one attached hydrogen (secondary N) is 1. The molecule has 5 heteroatoms. The van der Waals surface area contributed by atoms with Crippen LogP contribution in [0.2, 0.25) is 0 Å². The lowest BCUT2D eigenvalue weighted by atomic mass is 10.1. The van der Waals surface area contributed by atoms with Crippen molar-refractivity contribution >= 4 is 0 Å². The monoisotopic (exact) mass is 351 g/mol. The summed E-state index contributed by atoms with van der Waals surface area (Å²) in [6.45, 7) is 2.98. The van der Waals surface area contributed by atoms with Crippen molar-refractivity contribution in [2.45, 2.75) is 25.7 Å². The lowest BCUT2D eigenvalue weighted by molar-refractivity contribution is 0.00358. The van der Waals surface area contributed by atoms with Crippen molar-refractivity contribution in [3.05, 3.63) is 78.0 Å². The van der Waals surface area contributed by atoms with Gasteiger partial charge in [0.25, 0.3) is 0 Å². The van der Waals surface area contributed by atoms with Crippen LogP contribution in [-0.4, -0.2) is 28.7 Å². The van der Waals surface area contributed by atoms with Crippen LogP contribution < -0.4 is 5.32 Å². The van der Waals surface area contributed by atoms with Gasteiger partial charge in [-0.1, -0.05) is 30.3 Å². The van der Waals surface area contributed by atoms with Crippen LogP contribution in [0, 0.1) is 5.82 Å². The molecule has 0 bridgehead atoms. The Balaban J connectivity index is 1.35. The molecule has 4 rings (SSSR count). The Kier molecular flexibility index (Phi) is 5.09. The summed E-state index contributed by atoms with van der Waals surface area (Å²) in [7, 11) is 0. The van der Waals surface area contributed by atoms with E-state index >= 15 is 0 Å². The topological polar surface area (TPSA) is 39.1 Å². The highest BCUT2D eigenvalue weighted by Crippen LogP contribution is 2.25. The molecule has 0 aliphatic carbocycles. The molecule has 0 saturated carbocycles. The van der Waals surface area contributed by atoms with Gasteiger partial charge in [0, 0.05) is 6.54 Å². The molecule has 4 nitrogen and oxygen atoms in total. The fourth-order valence-corrected chi connectivity index (χ4v) is 3.30. The lowest BCUT2D eigenvalue weighted by Crippen LogP contribution is -2.37. The summed E-state index contributed by atoms with van der Waals surface area (Å²) in [5.41, 5.74) is 3.32. The van der Waals surface area contributed by atoms with Crippen molar-refractivity contribution in [1.29, 1.82) is 0 Å². The summed E-state index contributed by atoms with van der Waals surface area (Å²) < 4.78 is 21.3. The Labute approximate surface area is 152 Å². The average molecular weight is 351 g/mol. The molecule has 0 fully saturated rings. The average Bonchev–Trinajstić information content (AvgIpc) is 3.10. The number of nitrogens with zero attached hydrogens (tertiary/aromatic N) is 2. The standard InChI is InChI=1S/C21H22FN3O/c22-18-8-6-17(7-9-18)20-13-24-21-15-26-19(14-25(20)21)12-23-11-10-16-4-2-1-3-5-16/h1-9,13,19,23H,10-12,14-15H2. The third kappa shape index (κ3) is 3.84. The van der Waals surface area contributed by atoms with Crippen molar-refractivity contribution in [3.63, 3.8) is 0 Å². The Morgan fingerprint density at radius 2 is 1.92 bits per heavy atom. The Morgan fingerprint density at radius 1 is 1.12 bits per heavy atom. The van der Waals surface area contributed by atoms with E-state index in [0.29, 0.717) is 6.61 Å². The maximum absolute atomic E-state index is 13.2. The summed E-state index contributed by atoms with van der Waals surface area (Å²) in [6.07, 6.45) is 2.95.